The Morgan fingerprint density at radius 3 is 1.39 bits per heavy atom. The molecule has 1 N–H and O–H groups in total. The van der Waals surface area contributed by atoms with E-state index in [0.29, 0.717) is 23.9 Å². The molecular weight excluding hydrogens is 796 g/mol. The second-order valence-corrected chi connectivity index (χ2v) is 20.4. The van der Waals surface area contributed by atoms with Crippen LogP contribution in [0.5, 0.6) is 0 Å². The molecule has 3 atom stereocenters. The summed E-state index contributed by atoms with van der Waals surface area (Å²) in [5.41, 5.74) is 0. The Balaban J connectivity index is 5.45. The second-order valence-electron chi connectivity index (χ2n) is 19.0. The van der Waals surface area contributed by atoms with Gasteiger partial charge in [0.2, 0.25) is 5.91 Å². The number of carbonyl (C=O) groups excluding carboxylic acids is 2. The zero-order chi connectivity index (χ0) is 45.8. The first-order valence-corrected chi connectivity index (χ1v) is 27.6. The quantitative estimate of drug-likeness (QED) is 0.0213. The van der Waals surface area contributed by atoms with Crippen LogP contribution in [0.2, 0.25) is 0 Å². The number of phosphoric acid groups is 1. The van der Waals surface area contributed by atoms with E-state index in [9.17, 15) is 19.0 Å². The molecule has 0 heterocycles. The van der Waals surface area contributed by atoms with Crippen molar-refractivity contribution in [3.8, 4) is 0 Å². The first-order valence-electron chi connectivity index (χ1n) is 26.1. The number of likely N-dealkylation sites (N-methyl/N-ethyl adjacent to an activating group) is 1. The van der Waals surface area contributed by atoms with Crippen LogP contribution in [0.1, 0.15) is 245 Å². The molecule has 0 aromatic rings. The van der Waals surface area contributed by atoms with Crippen LogP contribution in [0, 0.1) is 0 Å². The molecule has 0 aliphatic carbocycles. The molecular formula is C52H101N2O7P. The molecule has 9 nitrogen and oxygen atoms in total. The van der Waals surface area contributed by atoms with Gasteiger partial charge in [-0.3, -0.25) is 14.2 Å². The van der Waals surface area contributed by atoms with Crippen molar-refractivity contribution in [2.24, 2.45) is 0 Å². The van der Waals surface area contributed by atoms with E-state index in [-0.39, 0.29) is 31.5 Å². The second kappa shape index (κ2) is 43.4. The van der Waals surface area contributed by atoms with E-state index >= 15 is 0 Å². The number of carbonyl (C=O) groups is 2. The monoisotopic (exact) mass is 897 g/mol. The number of hydrogen-bond acceptors (Lipinski definition) is 7. The first kappa shape index (κ1) is 60.5. The molecule has 0 aliphatic rings. The number of amides is 1. The summed E-state index contributed by atoms with van der Waals surface area (Å²) in [5.74, 6) is -0.554. The third kappa shape index (κ3) is 43.7. The lowest BCUT2D eigenvalue weighted by molar-refractivity contribution is -0.870. The van der Waals surface area contributed by atoms with Crippen molar-refractivity contribution in [2.75, 3.05) is 40.9 Å². The largest absolute Gasteiger partial charge is 0.756 e. The lowest BCUT2D eigenvalue weighted by Gasteiger charge is -2.30. The number of rotatable bonds is 47. The van der Waals surface area contributed by atoms with Crippen LogP contribution in [0.15, 0.2) is 24.3 Å². The van der Waals surface area contributed by atoms with E-state index in [1.165, 1.54) is 141 Å². The van der Waals surface area contributed by atoms with Crippen LogP contribution in [0.25, 0.3) is 0 Å². The summed E-state index contributed by atoms with van der Waals surface area (Å²) in [7, 11) is 1.18. The van der Waals surface area contributed by atoms with Gasteiger partial charge in [-0.1, -0.05) is 200 Å². The van der Waals surface area contributed by atoms with Gasteiger partial charge in [0.05, 0.1) is 33.8 Å². The highest BCUT2D eigenvalue weighted by Gasteiger charge is 2.27. The molecule has 0 saturated heterocycles. The van der Waals surface area contributed by atoms with Gasteiger partial charge >= 0.3 is 5.97 Å². The lowest BCUT2D eigenvalue weighted by Crippen LogP contribution is -2.47. The van der Waals surface area contributed by atoms with Crippen LogP contribution in [-0.4, -0.2) is 69.4 Å². The summed E-state index contributed by atoms with van der Waals surface area (Å²) in [6.07, 6.45) is 47.1. The predicted molar refractivity (Wildman–Crippen MR) is 261 cm³/mol. The molecule has 1 amide bonds. The average molecular weight is 897 g/mol. The van der Waals surface area contributed by atoms with E-state index in [1.54, 1.807) is 0 Å². The SMILES string of the molecule is CCCCCCCC/C=C\CCCCCC(=O)OC(/C=C/CCCCCCCCCCCC)C(COP(=O)([O-])OCC[N+](C)(C)C)NC(=O)CCCCCCCCCCCCC. The van der Waals surface area contributed by atoms with Gasteiger partial charge < -0.3 is 28.5 Å². The molecule has 0 saturated carbocycles. The summed E-state index contributed by atoms with van der Waals surface area (Å²) in [4.78, 5) is 39.6. The fourth-order valence-electron chi connectivity index (χ4n) is 7.52. The van der Waals surface area contributed by atoms with E-state index in [0.717, 1.165) is 64.2 Å². The molecule has 0 aliphatic heterocycles. The Morgan fingerprint density at radius 2 is 0.935 bits per heavy atom. The van der Waals surface area contributed by atoms with E-state index in [2.05, 4.69) is 38.2 Å². The maximum Gasteiger partial charge on any atom is 0.306 e. The number of esters is 1. The van der Waals surface area contributed by atoms with Crippen LogP contribution < -0.4 is 10.2 Å². The minimum absolute atomic E-state index is 0.0216. The molecule has 366 valence electrons. The Kier molecular flexibility index (Phi) is 42.3. The molecule has 0 fully saturated rings. The van der Waals surface area contributed by atoms with Crippen LogP contribution >= 0.6 is 7.82 Å². The maximum absolute atomic E-state index is 13.4. The van der Waals surface area contributed by atoms with Crippen molar-refractivity contribution in [1.82, 2.24) is 5.32 Å². The highest BCUT2D eigenvalue weighted by molar-refractivity contribution is 7.45. The highest BCUT2D eigenvalue weighted by atomic mass is 31.2. The van der Waals surface area contributed by atoms with Crippen LogP contribution in [0.3, 0.4) is 0 Å². The Hall–Kier alpha value is -1.51. The van der Waals surface area contributed by atoms with Crippen molar-refractivity contribution in [3.63, 3.8) is 0 Å². The first-order chi connectivity index (χ1) is 29.9. The molecule has 10 heteroatoms. The number of quaternary nitrogens is 1. The topological polar surface area (TPSA) is 114 Å². The van der Waals surface area contributed by atoms with E-state index in [1.807, 2.05) is 33.3 Å². The molecule has 0 radical (unpaired) electrons. The predicted octanol–water partition coefficient (Wildman–Crippen LogP) is 14.4. The van der Waals surface area contributed by atoms with E-state index in [4.69, 9.17) is 13.8 Å². The standard InChI is InChI=1S/C52H101N2O7P/c1-7-10-13-16-19-22-25-27-30-33-36-39-42-45-52(56)61-50(43-40-37-34-31-29-26-23-20-17-14-11-8-2)49(48-60-62(57,58)59-47-46-54(4,5)6)53-51(55)44-41-38-35-32-28-24-21-18-15-12-9-3/h27,30,40,43,49-50H,7-26,28-29,31-39,41-42,44-48H2,1-6H3,(H-,53,55,57,58)/b30-27-,43-40+. The Morgan fingerprint density at radius 1 is 0.548 bits per heavy atom. The minimum Gasteiger partial charge on any atom is -0.756 e. The fourth-order valence-corrected chi connectivity index (χ4v) is 8.24. The van der Waals surface area contributed by atoms with Gasteiger partial charge in [0, 0.05) is 12.8 Å². The van der Waals surface area contributed by atoms with Crippen molar-refractivity contribution in [1.29, 1.82) is 0 Å². The van der Waals surface area contributed by atoms with Gasteiger partial charge in [0.15, 0.2) is 0 Å². The minimum atomic E-state index is -4.68. The fraction of sp³-hybridized carbons (Fsp3) is 0.885. The number of phosphoric ester groups is 1. The van der Waals surface area contributed by atoms with Crippen molar-refractivity contribution >= 4 is 19.7 Å². The highest BCUT2D eigenvalue weighted by Crippen LogP contribution is 2.38. The summed E-state index contributed by atoms with van der Waals surface area (Å²) in [5, 5.41) is 3.00. The van der Waals surface area contributed by atoms with Gasteiger partial charge in [-0.2, -0.15) is 0 Å². The normalized spacial score (nSPS) is 14.1. The molecule has 0 rings (SSSR count). The molecule has 3 unspecified atom stereocenters. The zero-order valence-electron chi connectivity index (χ0n) is 41.6. The van der Waals surface area contributed by atoms with Crippen LogP contribution in [0.4, 0.5) is 0 Å². The Bertz CT molecular complexity index is 1120. The summed E-state index contributed by atoms with van der Waals surface area (Å²) in [6.45, 7) is 6.81. The van der Waals surface area contributed by atoms with Gasteiger partial charge in [0.25, 0.3) is 7.82 Å². The molecule has 0 aromatic heterocycles. The number of nitrogens with zero attached hydrogens (tertiary/aromatic N) is 1. The molecule has 0 bridgehead atoms. The summed E-state index contributed by atoms with van der Waals surface area (Å²) in [6, 6.07) is -0.885. The van der Waals surface area contributed by atoms with E-state index < -0.39 is 20.0 Å². The molecule has 0 spiro atoms. The summed E-state index contributed by atoms with van der Waals surface area (Å²) >= 11 is 0. The number of allylic oxidation sites excluding steroid dienone is 3. The Labute approximate surface area is 383 Å². The van der Waals surface area contributed by atoms with Crippen molar-refractivity contribution < 1.29 is 37.3 Å². The summed E-state index contributed by atoms with van der Waals surface area (Å²) < 4.78 is 30.1. The van der Waals surface area contributed by atoms with Gasteiger partial charge in [-0.05, 0) is 57.4 Å². The van der Waals surface area contributed by atoms with Crippen molar-refractivity contribution in [3.05, 3.63) is 24.3 Å². The smallest absolute Gasteiger partial charge is 0.306 e. The van der Waals surface area contributed by atoms with Crippen LogP contribution in [-0.2, 0) is 27.9 Å². The van der Waals surface area contributed by atoms with Crippen molar-refractivity contribution in [2.45, 2.75) is 258 Å². The maximum atomic E-state index is 13.4. The van der Waals surface area contributed by atoms with Gasteiger partial charge in [-0.15, -0.1) is 0 Å². The van der Waals surface area contributed by atoms with Gasteiger partial charge in [0.1, 0.15) is 19.3 Å². The number of unbranched alkanes of at least 4 members (excludes halogenated alkanes) is 29. The lowest BCUT2D eigenvalue weighted by atomic mass is 10.0. The zero-order valence-corrected chi connectivity index (χ0v) is 42.5. The molecule has 0 aromatic carbocycles. The number of nitrogens with one attached hydrogen (secondary N) is 1. The molecule has 62 heavy (non-hydrogen) atoms. The average Bonchev–Trinajstić information content (AvgIpc) is 3.22. The third-order valence-electron chi connectivity index (χ3n) is 11.6. The van der Waals surface area contributed by atoms with Gasteiger partial charge in [-0.25, -0.2) is 0 Å². The number of hydrogen-bond donors (Lipinski definition) is 1. The number of ether oxygens (including phenoxy) is 1. The third-order valence-corrected chi connectivity index (χ3v) is 12.6.